The van der Waals surface area contributed by atoms with Gasteiger partial charge in [0.15, 0.2) is 0 Å². The highest BCUT2D eigenvalue weighted by molar-refractivity contribution is 6.07. The van der Waals surface area contributed by atoms with Crippen LogP contribution < -0.4 is 5.43 Å². The zero-order valence-corrected chi connectivity index (χ0v) is 15.4. The van der Waals surface area contributed by atoms with Gasteiger partial charge >= 0.3 is 5.97 Å². The lowest BCUT2D eigenvalue weighted by atomic mass is 9.94. The Hall–Kier alpha value is -2.70. The first-order valence-electron chi connectivity index (χ1n) is 8.96. The predicted octanol–water partition coefficient (Wildman–Crippen LogP) is 2.41. The van der Waals surface area contributed by atoms with Crippen LogP contribution in [0.15, 0.2) is 23.3 Å². The van der Waals surface area contributed by atoms with Gasteiger partial charge in [0, 0.05) is 24.3 Å². The molecule has 1 aromatic heterocycles. The van der Waals surface area contributed by atoms with Crippen molar-refractivity contribution >= 4 is 28.6 Å². The lowest BCUT2D eigenvalue weighted by molar-refractivity contribution is -0.141. The van der Waals surface area contributed by atoms with E-state index in [1.807, 2.05) is 29.7 Å². The van der Waals surface area contributed by atoms with E-state index >= 15 is 0 Å². The van der Waals surface area contributed by atoms with Crippen LogP contribution >= 0.6 is 0 Å². The summed E-state index contributed by atoms with van der Waals surface area (Å²) in [5, 5.41) is 4.22. The molecule has 1 unspecified atom stereocenters. The van der Waals surface area contributed by atoms with Crippen molar-refractivity contribution in [1.29, 1.82) is 0 Å². The monoisotopic (exact) mass is 356 g/mol. The van der Waals surface area contributed by atoms with Crippen molar-refractivity contribution in [2.45, 2.75) is 46.1 Å². The van der Waals surface area contributed by atoms with Crippen LogP contribution in [0.5, 0.6) is 0 Å². The number of amides is 1. The maximum atomic E-state index is 11.8. The number of fused-ring (bicyclic) bond motifs is 1. The molecule has 0 aliphatic carbocycles. The number of ether oxygens (including phenoxy) is 1. The molecule has 0 saturated carbocycles. The first kappa shape index (κ1) is 18.1. The summed E-state index contributed by atoms with van der Waals surface area (Å²) in [4.78, 5) is 28.0. The van der Waals surface area contributed by atoms with Crippen LogP contribution in [0, 0.1) is 5.92 Å². The smallest absolute Gasteiger partial charge is 0.325 e. The van der Waals surface area contributed by atoms with Gasteiger partial charge in [-0.15, -0.1) is 0 Å². The number of rotatable bonds is 6. The highest BCUT2D eigenvalue weighted by atomic mass is 16.5. The number of hydrogen-bond donors (Lipinski definition) is 1. The third-order valence-corrected chi connectivity index (χ3v) is 4.65. The zero-order valence-electron chi connectivity index (χ0n) is 15.4. The van der Waals surface area contributed by atoms with Crippen LogP contribution in [0.25, 0.3) is 11.0 Å². The number of aromatic nitrogens is 2. The van der Waals surface area contributed by atoms with Crippen molar-refractivity contribution in [2.75, 3.05) is 7.11 Å². The number of nitrogens with one attached hydrogen (secondary N) is 1. The van der Waals surface area contributed by atoms with Gasteiger partial charge in [-0.2, -0.15) is 5.10 Å². The normalized spacial score (nSPS) is 17.1. The molecule has 26 heavy (non-hydrogen) atoms. The lowest BCUT2D eigenvalue weighted by Gasteiger charge is -2.19. The molecule has 1 atom stereocenters. The first-order chi connectivity index (χ1) is 12.5. The first-order valence-corrected chi connectivity index (χ1v) is 8.96. The standard InChI is InChI=1S/C19H24N4O3/c1-4-5-6-16-20-14-10-13(19-12(2)9-17(24)21-22-19)7-8-15(14)23(16)11-18(25)26-3/h7-8,10,12H,4-6,9,11H2,1-3H3,(H,21,24). The Morgan fingerprint density at radius 3 is 2.92 bits per heavy atom. The molecule has 0 spiro atoms. The van der Waals surface area contributed by atoms with Crippen molar-refractivity contribution in [3.05, 3.63) is 29.6 Å². The van der Waals surface area contributed by atoms with Gasteiger partial charge in [0.1, 0.15) is 12.4 Å². The molecule has 0 bridgehead atoms. The minimum atomic E-state index is -0.292. The Labute approximate surface area is 152 Å². The van der Waals surface area contributed by atoms with Gasteiger partial charge < -0.3 is 9.30 Å². The molecule has 1 aliphatic rings. The number of esters is 1. The predicted molar refractivity (Wildman–Crippen MR) is 98.8 cm³/mol. The number of carbonyl (C=O) groups excluding carboxylic acids is 2. The Morgan fingerprint density at radius 2 is 2.23 bits per heavy atom. The van der Waals surface area contributed by atoms with Gasteiger partial charge in [-0.3, -0.25) is 9.59 Å². The van der Waals surface area contributed by atoms with Crippen molar-refractivity contribution in [3.8, 4) is 0 Å². The van der Waals surface area contributed by atoms with Gasteiger partial charge in [-0.1, -0.05) is 26.3 Å². The second kappa shape index (κ2) is 7.68. The molecular weight excluding hydrogens is 332 g/mol. The van der Waals surface area contributed by atoms with Gasteiger partial charge in [-0.25, -0.2) is 10.4 Å². The van der Waals surface area contributed by atoms with E-state index in [0.717, 1.165) is 47.4 Å². The van der Waals surface area contributed by atoms with Gasteiger partial charge in [-0.05, 0) is 18.6 Å². The summed E-state index contributed by atoms with van der Waals surface area (Å²) in [5.74, 6) is 0.583. The average Bonchev–Trinajstić information content (AvgIpc) is 2.96. The molecule has 1 aromatic carbocycles. The highest BCUT2D eigenvalue weighted by Gasteiger charge is 2.22. The largest absolute Gasteiger partial charge is 0.468 e. The number of carbonyl (C=O) groups is 2. The number of unbranched alkanes of at least 4 members (excludes halogenated alkanes) is 1. The summed E-state index contributed by atoms with van der Waals surface area (Å²) in [6.45, 7) is 4.27. The summed E-state index contributed by atoms with van der Waals surface area (Å²) >= 11 is 0. The molecule has 2 aromatic rings. The summed E-state index contributed by atoms with van der Waals surface area (Å²) in [6, 6.07) is 5.90. The molecule has 138 valence electrons. The maximum absolute atomic E-state index is 11.8. The van der Waals surface area contributed by atoms with E-state index in [0.29, 0.717) is 6.42 Å². The van der Waals surface area contributed by atoms with Crippen molar-refractivity contribution in [3.63, 3.8) is 0 Å². The molecular formula is C19H24N4O3. The third kappa shape index (κ3) is 3.61. The molecule has 3 rings (SSSR count). The molecule has 2 heterocycles. The summed E-state index contributed by atoms with van der Waals surface area (Å²) in [6.07, 6.45) is 3.30. The number of hydrogen-bond acceptors (Lipinski definition) is 5. The minimum Gasteiger partial charge on any atom is -0.468 e. The van der Waals surface area contributed by atoms with Crippen LogP contribution in [0.3, 0.4) is 0 Å². The topological polar surface area (TPSA) is 85.6 Å². The fourth-order valence-electron chi connectivity index (χ4n) is 3.24. The van der Waals surface area contributed by atoms with Crippen LogP contribution in [0.1, 0.15) is 44.5 Å². The van der Waals surface area contributed by atoms with Crippen molar-refractivity contribution < 1.29 is 14.3 Å². The maximum Gasteiger partial charge on any atom is 0.325 e. The molecule has 0 radical (unpaired) electrons. The molecule has 0 fully saturated rings. The van der Waals surface area contributed by atoms with E-state index in [1.54, 1.807) is 0 Å². The van der Waals surface area contributed by atoms with E-state index in [-0.39, 0.29) is 24.3 Å². The van der Waals surface area contributed by atoms with Crippen molar-refractivity contribution in [2.24, 2.45) is 11.0 Å². The van der Waals surface area contributed by atoms with Crippen LogP contribution in [-0.2, 0) is 27.3 Å². The van der Waals surface area contributed by atoms with Gasteiger partial charge in [0.25, 0.3) is 0 Å². The third-order valence-electron chi connectivity index (χ3n) is 4.65. The fraction of sp³-hybridized carbons (Fsp3) is 0.474. The van der Waals surface area contributed by atoms with E-state index in [4.69, 9.17) is 9.72 Å². The summed E-state index contributed by atoms with van der Waals surface area (Å²) in [7, 11) is 1.39. The number of imidazole rings is 1. The zero-order chi connectivity index (χ0) is 18.7. The Bertz CT molecular complexity index is 869. The fourth-order valence-corrected chi connectivity index (χ4v) is 3.24. The van der Waals surface area contributed by atoms with Crippen LogP contribution in [0.2, 0.25) is 0 Å². The van der Waals surface area contributed by atoms with Crippen molar-refractivity contribution in [1.82, 2.24) is 15.0 Å². The van der Waals surface area contributed by atoms with Crippen LogP contribution in [0.4, 0.5) is 0 Å². The van der Waals surface area contributed by atoms with E-state index < -0.39 is 0 Å². The van der Waals surface area contributed by atoms with Gasteiger partial charge in [0.05, 0.1) is 23.9 Å². The molecule has 7 heteroatoms. The number of nitrogens with zero attached hydrogens (tertiary/aromatic N) is 3. The number of methoxy groups -OCH3 is 1. The van der Waals surface area contributed by atoms with Crippen LogP contribution in [-0.4, -0.2) is 34.2 Å². The molecule has 1 aliphatic heterocycles. The van der Waals surface area contributed by atoms with E-state index in [2.05, 4.69) is 17.5 Å². The molecule has 0 saturated heterocycles. The van der Waals surface area contributed by atoms with Gasteiger partial charge in [0.2, 0.25) is 5.91 Å². The SMILES string of the molecule is CCCCc1nc2cc(C3=NNC(=O)CC3C)ccc2n1CC(=O)OC. The van der Waals surface area contributed by atoms with E-state index in [9.17, 15) is 9.59 Å². The Morgan fingerprint density at radius 1 is 1.42 bits per heavy atom. The minimum absolute atomic E-state index is 0.0536. The molecule has 1 N–H and O–H groups in total. The molecule has 1 amide bonds. The van der Waals surface area contributed by atoms with E-state index in [1.165, 1.54) is 7.11 Å². The lowest BCUT2D eigenvalue weighted by Crippen LogP contribution is -2.31. The number of benzene rings is 1. The number of aryl methyl sites for hydroxylation is 1. The number of hydrazone groups is 1. The second-order valence-corrected chi connectivity index (χ2v) is 6.63. The Balaban J connectivity index is 2.01. The summed E-state index contributed by atoms with van der Waals surface area (Å²) in [5.41, 5.74) is 6.06. The quantitative estimate of drug-likeness (QED) is 0.806. The summed E-state index contributed by atoms with van der Waals surface area (Å²) < 4.78 is 6.75. The highest BCUT2D eigenvalue weighted by Crippen LogP contribution is 2.23. The Kier molecular flexibility index (Phi) is 5.35. The molecule has 7 nitrogen and oxygen atoms in total. The average molecular weight is 356 g/mol. The second-order valence-electron chi connectivity index (χ2n) is 6.63.